The summed E-state index contributed by atoms with van der Waals surface area (Å²) in [5, 5.41) is 10.7. The van der Waals surface area contributed by atoms with Crippen LogP contribution in [-0.2, 0) is 14.4 Å². The smallest absolute Gasteiger partial charge is 0.251 e. The van der Waals surface area contributed by atoms with Gasteiger partial charge in [-0.15, -0.1) is 0 Å². The van der Waals surface area contributed by atoms with E-state index in [2.05, 4.69) is 14.8 Å². The largest absolute Gasteiger partial charge is 0.511 e. The van der Waals surface area contributed by atoms with Gasteiger partial charge < -0.3 is 5.11 Å². The van der Waals surface area contributed by atoms with Crippen molar-refractivity contribution in [2.75, 3.05) is 44.2 Å². The Bertz CT molecular complexity index is 1030. The molecule has 9 heteroatoms. The summed E-state index contributed by atoms with van der Waals surface area (Å²) in [6.07, 6.45) is 2.60. The third-order valence-electron chi connectivity index (χ3n) is 6.72. The molecule has 0 aromatic heterocycles. The number of halogens is 1. The predicted octanol–water partition coefficient (Wildman–Crippen LogP) is 2.86. The number of allylic oxidation sites excluding steroid dienone is 2. The third-order valence-corrected chi connectivity index (χ3v) is 6.97. The molecule has 2 amide bonds. The Hall–Kier alpha value is -2.55. The lowest BCUT2D eigenvalue weighted by atomic mass is 9.77. The molecule has 0 unspecified atom stereocenters. The summed E-state index contributed by atoms with van der Waals surface area (Å²) >= 11 is 5.92. The van der Waals surface area contributed by atoms with E-state index in [-0.39, 0.29) is 35.2 Å². The van der Waals surface area contributed by atoms with Gasteiger partial charge in [0.1, 0.15) is 5.76 Å². The van der Waals surface area contributed by atoms with E-state index in [4.69, 9.17) is 11.6 Å². The number of carbonyl (C=O) groups is 3. The van der Waals surface area contributed by atoms with E-state index < -0.39 is 6.04 Å². The lowest BCUT2D eigenvalue weighted by Gasteiger charge is -2.36. The van der Waals surface area contributed by atoms with Crippen LogP contribution in [0.15, 0.2) is 40.6 Å². The summed E-state index contributed by atoms with van der Waals surface area (Å²) in [7, 11) is 0. The van der Waals surface area contributed by atoms with E-state index in [1.54, 1.807) is 24.3 Å². The van der Waals surface area contributed by atoms with Crippen molar-refractivity contribution in [1.29, 1.82) is 0 Å². The third kappa shape index (κ3) is 5.40. The molecule has 34 heavy (non-hydrogen) atoms. The Kier molecular flexibility index (Phi) is 7.21. The summed E-state index contributed by atoms with van der Waals surface area (Å²) in [4.78, 5) is 47.8. The molecule has 8 nitrogen and oxygen atoms in total. The number of benzene rings is 1. The van der Waals surface area contributed by atoms with Crippen molar-refractivity contribution in [2.24, 2.45) is 10.4 Å². The zero-order valence-corrected chi connectivity index (χ0v) is 20.4. The number of hydrogen-bond acceptors (Lipinski definition) is 7. The fraction of sp³-hybridized carbons (Fsp3) is 0.520. The number of aliphatic hydroxyl groups excluding tert-OH is 1. The number of piperazine rings is 1. The van der Waals surface area contributed by atoms with Crippen LogP contribution in [0, 0.1) is 5.41 Å². The number of ketones is 1. The van der Waals surface area contributed by atoms with Gasteiger partial charge in [-0.1, -0.05) is 25.4 Å². The summed E-state index contributed by atoms with van der Waals surface area (Å²) in [5.74, 6) is -0.303. The highest BCUT2D eigenvalue weighted by Crippen LogP contribution is 2.35. The molecular formula is C25H31ClN4O4. The standard InChI is InChI=1S/C25H31ClN4O4/c1-25(2)14-21(31)19(22(32)15-25)16-27-7-8-28-9-11-29(12-10-28)20-13-23(33)30(24(20)34)18-5-3-17(26)4-6-18/h3-6,16,20,31H,7-15H2,1-2H3/t20-/m1/s1. The van der Waals surface area contributed by atoms with Crippen molar-refractivity contribution in [3.05, 3.63) is 40.6 Å². The molecule has 4 rings (SSSR count). The van der Waals surface area contributed by atoms with E-state index >= 15 is 0 Å². The van der Waals surface area contributed by atoms with Gasteiger partial charge in [0.05, 0.1) is 30.3 Å². The molecule has 1 aromatic carbocycles. The minimum atomic E-state index is -0.431. The maximum Gasteiger partial charge on any atom is 0.251 e. The normalized spacial score (nSPS) is 24.6. The summed E-state index contributed by atoms with van der Waals surface area (Å²) in [6, 6.07) is 6.30. The molecule has 182 valence electrons. The number of aliphatic hydroxyl groups is 1. The number of imide groups is 1. The molecule has 0 spiro atoms. The Morgan fingerprint density at radius 3 is 2.41 bits per heavy atom. The van der Waals surface area contributed by atoms with Crippen LogP contribution in [0.25, 0.3) is 0 Å². The molecule has 2 heterocycles. The summed E-state index contributed by atoms with van der Waals surface area (Å²) in [5.41, 5.74) is 0.674. The minimum Gasteiger partial charge on any atom is -0.511 e. The fourth-order valence-corrected chi connectivity index (χ4v) is 4.99. The van der Waals surface area contributed by atoms with Crippen LogP contribution in [0.5, 0.6) is 0 Å². The van der Waals surface area contributed by atoms with E-state index in [1.165, 1.54) is 11.1 Å². The molecule has 1 N–H and O–H groups in total. The van der Waals surface area contributed by atoms with Crippen LogP contribution < -0.4 is 4.90 Å². The van der Waals surface area contributed by atoms with Gasteiger partial charge in [0, 0.05) is 56.8 Å². The van der Waals surface area contributed by atoms with Crippen LogP contribution in [0.2, 0.25) is 5.02 Å². The second-order valence-corrected chi connectivity index (χ2v) is 10.4. The van der Waals surface area contributed by atoms with Crippen molar-refractivity contribution in [2.45, 2.75) is 39.2 Å². The molecule has 2 fully saturated rings. The number of amides is 2. The number of aliphatic imine (C=N–C) groups is 1. The van der Waals surface area contributed by atoms with E-state index in [9.17, 15) is 19.5 Å². The van der Waals surface area contributed by atoms with Gasteiger partial charge >= 0.3 is 0 Å². The predicted molar refractivity (Wildman–Crippen MR) is 131 cm³/mol. The quantitative estimate of drug-likeness (QED) is 0.491. The van der Waals surface area contributed by atoms with Crippen LogP contribution in [0.4, 0.5) is 5.69 Å². The van der Waals surface area contributed by atoms with Crippen molar-refractivity contribution in [3.63, 3.8) is 0 Å². The summed E-state index contributed by atoms with van der Waals surface area (Å²) < 4.78 is 0. The molecule has 1 aromatic rings. The average molecular weight is 487 g/mol. The van der Waals surface area contributed by atoms with Gasteiger partial charge in [-0.05, 0) is 29.7 Å². The molecule has 3 aliphatic rings. The number of rotatable bonds is 6. The summed E-state index contributed by atoms with van der Waals surface area (Å²) in [6.45, 7) is 8.14. The van der Waals surface area contributed by atoms with Crippen molar-refractivity contribution < 1.29 is 19.5 Å². The highest BCUT2D eigenvalue weighted by Gasteiger charge is 2.43. The van der Waals surface area contributed by atoms with Gasteiger partial charge in [0.25, 0.3) is 5.91 Å². The van der Waals surface area contributed by atoms with Gasteiger partial charge in [0.2, 0.25) is 5.91 Å². The Labute approximate surface area is 204 Å². The monoisotopic (exact) mass is 486 g/mol. The van der Waals surface area contributed by atoms with E-state index in [0.717, 1.165) is 19.6 Å². The second kappa shape index (κ2) is 9.98. The van der Waals surface area contributed by atoms with E-state index in [0.29, 0.717) is 48.8 Å². The van der Waals surface area contributed by atoms with Crippen LogP contribution in [0.3, 0.4) is 0 Å². The highest BCUT2D eigenvalue weighted by atomic mass is 35.5. The second-order valence-electron chi connectivity index (χ2n) is 9.98. The number of nitrogens with zero attached hydrogens (tertiary/aromatic N) is 4. The first-order chi connectivity index (χ1) is 16.1. The SMILES string of the molecule is CC1(C)CC(=O)C(C=NCCN2CCN([C@@H]3CC(=O)N(c4ccc(Cl)cc4)C3=O)CC2)=C(O)C1. The average Bonchev–Trinajstić information content (AvgIpc) is 3.07. The number of carbonyl (C=O) groups excluding carboxylic acids is 3. The van der Waals surface area contributed by atoms with Crippen molar-refractivity contribution in [1.82, 2.24) is 9.80 Å². The number of Topliss-reactive ketones (excluding diaryl/α,β-unsaturated/α-hetero) is 1. The topological polar surface area (TPSA) is 93.5 Å². The van der Waals surface area contributed by atoms with Gasteiger partial charge in [-0.2, -0.15) is 0 Å². The Balaban J connectivity index is 1.26. The van der Waals surface area contributed by atoms with Crippen LogP contribution >= 0.6 is 11.6 Å². The van der Waals surface area contributed by atoms with Gasteiger partial charge in [-0.3, -0.25) is 29.2 Å². The number of hydrogen-bond donors (Lipinski definition) is 1. The maximum absolute atomic E-state index is 13.0. The molecule has 1 aliphatic carbocycles. The maximum atomic E-state index is 13.0. The molecular weight excluding hydrogens is 456 g/mol. The Morgan fingerprint density at radius 2 is 1.76 bits per heavy atom. The Morgan fingerprint density at radius 1 is 1.09 bits per heavy atom. The molecule has 0 radical (unpaired) electrons. The zero-order valence-electron chi connectivity index (χ0n) is 19.7. The van der Waals surface area contributed by atoms with Crippen molar-refractivity contribution >= 4 is 41.1 Å². The molecule has 1 atom stereocenters. The van der Waals surface area contributed by atoms with Gasteiger partial charge in [0.15, 0.2) is 5.78 Å². The van der Waals surface area contributed by atoms with E-state index in [1.807, 2.05) is 13.8 Å². The first kappa shape index (κ1) is 24.6. The minimum absolute atomic E-state index is 0.0606. The zero-order chi connectivity index (χ0) is 24.5. The van der Waals surface area contributed by atoms with Crippen LogP contribution in [-0.4, -0.2) is 84.0 Å². The number of anilines is 1. The van der Waals surface area contributed by atoms with Crippen molar-refractivity contribution in [3.8, 4) is 0 Å². The lowest BCUT2D eigenvalue weighted by molar-refractivity contribution is -0.123. The molecule has 0 saturated carbocycles. The first-order valence-corrected chi connectivity index (χ1v) is 12.1. The molecule has 2 aliphatic heterocycles. The first-order valence-electron chi connectivity index (χ1n) is 11.7. The van der Waals surface area contributed by atoms with Crippen LogP contribution in [0.1, 0.15) is 33.1 Å². The molecule has 2 saturated heterocycles. The van der Waals surface area contributed by atoms with Gasteiger partial charge in [-0.25, -0.2) is 4.90 Å². The fourth-order valence-electron chi connectivity index (χ4n) is 4.86. The molecule has 0 bridgehead atoms. The highest BCUT2D eigenvalue weighted by molar-refractivity contribution is 6.30. The lowest BCUT2D eigenvalue weighted by Crippen LogP contribution is -2.52.